The molecule has 0 radical (unpaired) electrons. The summed E-state index contributed by atoms with van der Waals surface area (Å²) >= 11 is 0. The Labute approximate surface area is 194 Å². The standard InChI is InChI=1S/C25H31N5O3/c1-2-33-25(32)17-9-8-14-30(16-17)23-22(28-20-12-6-7-13-21(20)29-23)19(15-26)24(31)27-18-10-4-3-5-11-18/h6-7,12-13,17-19H,2-5,8-11,14,16H2,1H3,(H,27,31)/t17-,19+/m1/s1. The third kappa shape index (κ3) is 5.24. The average Bonchev–Trinajstić information content (AvgIpc) is 2.85. The molecule has 2 aliphatic rings. The molecule has 8 heteroatoms. The number of fused-ring (bicyclic) bond motifs is 1. The van der Waals surface area contributed by atoms with Crippen LogP contribution in [0.4, 0.5) is 5.82 Å². The maximum absolute atomic E-state index is 13.2. The number of carbonyl (C=O) groups excluding carboxylic acids is 2. The van der Waals surface area contributed by atoms with E-state index in [0.29, 0.717) is 42.2 Å². The quantitative estimate of drug-likeness (QED) is 0.673. The van der Waals surface area contributed by atoms with Crippen molar-refractivity contribution in [1.29, 1.82) is 5.26 Å². The molecule has 2 aromatic rings. The molecule has 1 aromatic carbocycles. The van der Waals surface area contributed by atoms with Gasteiger partial charge in [0, 0.05) is 19.1 Å². The van der Waals surface area contributed by atoms with E-state index in [1.807, 2.05) is 29.2 Å². The smallest absolute Gasteiger partial charge is 0.310 e. The molecule has 0 bridgehead atoms. The molecule has 33 heavy (non-hydrogen) atoms. The van der Waals surface area contributed by atoms with Crippen LogP contribution in [0, 0.1) is 17.2 Å². The molecular weight excluding hydrogens is 418 g/mol. The SMILES string of the molecule is CCOC(=O)[C@@H]1CCCN(c2nc3ccccc3nc2[C@H](C#N)C(=O)NC2CCCCC2)C1. The molecule has 1 aliphatic carbocycles. The zero-order valence-corrected chi connectivity index (χ0v) is 19.1. The highest BCUT2D eigenvalue weighted by molar-refractivity contribution is 5.89. The van der Waals surface area contributed by atoms with Crippen LogP contribution < -0.4 is 10.2 Å². The van der Waals surface area contributed by atoms with Gasteiger partial charge in [0.15, 0.2) is 11.7 Å². The number of rotatable bonds is 6. The number of hydrogen-bond donors (Lipinski definition) is 1. The van der Waals surface area contributed by atoms with E-state index in [9.17, 15) is 14.9 Å². The summed E-state index contributed by atoms with van der Waals surface area (Å²) in [6, 6.07) is 9.72. The van der Waals surface area contributed by atoms with E-state index in [1.165, 1.54) is 6.42 Å². The van der Waals surface area contributed by atoms with Gasteiger partial charge in [0.25, 0.3) is 0 Å². The second kappa shape index (κ2) is 10.6. The van der Waals surface area contributed by atoms with Gasteiger partial charge in [-0.15, -0.1) is 0 Å². The second-order valence-electron chi connectivity index (χ2n) is 8.86. The van der Waals surface area contributed by atoms with Crippen LogP contribution >= 0.6 is 0 Å². The molecule has 1 saturated heterocycles. The highest BCUT2D eigenvalue weighted by atomic mass is 16.5. The number of benzene rings is 1. The van der Waals surface area contributed by atoms with E-state index in [2.05, 4.69) is 11.4 Å². The van der Waals surface area contributed by atoms with Crippen LogP contribution in [0.25, 0.3) is 11.0 Å². The third-order valence-corrected chi connectivity index (χ3v) is 6.54. The number of carbonyl (C=O) groups is 2. The van der Waals surface area contributed by atoms with E-state index in [0.717, 1.165) is 38.5 Å². The van der Waals surface area contributed by atoms with Crippen molar-refractivity contribution in [3.63, 3.8) is 0 Å². The lowest BCUT2D eigenvalue weighted by atomic mass is 9.94. The monoisotopic (exact) mass is 449 g/mol. The number of ether oxygens (including phenoxy) is 1. The van der Waals surface area contributed by atoms with Gasteiger partial charge in [-0.1, -0.05) is 31.4 Å². The molecule has 4 rings (SSSR count). The number of hydrogen-bond acceptors (Lipinski definition) is 7. The highest BCUT2D eigenvalue weighted by Crippen LogP contribution is 2.31. The van der Waals surface area contributed by atoms with Crippen molar-refractivity contribution in [3.05, 3.63) is 30.0 Å². The molecule has 1 aromatic heterocycles. The molecule has 2 fully saturated rings. The molecule has 8 nitrogen and oxygen atoms in total. The fraction of sp³-hybridized carbons (Fsp3) is 0.560. The number of nitriles is 1. The lowest BCUT2D eigenvalue weighted by Crippen LogP contribution is -2.42. The third-order valence-electron chi connectivity index (χ3n) is 6.54. The van der Waals surface area contributed by atoms with Crippen molar-refractivity contribution < 1.29 is 14.3 Å². The Morgan fingerprint density at radius 2 is 1.88 bits per heavy atom. The van der Waals surface area contributed by atoms with Gasteiger partial charge in [-0.3, -0.25) is 9.59 Å². The van der Waals surface area contributed by atoms with Crippen LogP contribution in [0.5, 0.6) is 0 Å². The van der Waals surface area contributed by atoms with Gasteiger partial charge in [0.05, 0.1) is 29.6 Å². The summed E-state index contributed by atoms with van der Waals surface area (Å²) in [5.74, 6) is -1.37. The number of nitrogens with one attached hydrogen (secondary N) is 1. The molecule has 0 spiro atoms. The number of piperidine rings is 1. The van der Waals surface area contributed by atoms with Crippen LogP contribution in [0.15, 0.2) is 24.3 Å². The zero-order chi connectivity index (χ0) is 23.2. The van der Waals surface area contributed by atoms with Crippen molar-refractivity contribution in [2.75, 3.05) is 24.6 Å². The van der Waals surface area contributed by atoms with Gasteiger partial charge in [0.1, 0.15) is 5.69 Å². The number of anilines is 1. The maximum Gasteiger partial charge on any atom is 0.310 e. The van der Waals surface area contributed by atoms with Gasteiger partial charge in [0.2, 0.25) is 5.91 Å². The van der Waals surface area contributed by atoms with Crippen molar-refractivity contribution >= 4 is 28.7 Å². The number of esters is 1. The minimum atomic E-state index is -1.07. The normalized spacial score (nSPS) is 20.1. The minimum Gasteiger partial charge on any atom is -0.466 e. The van der Waals surface area contributed by atoms with Crippen LogP contribution in [0.2, 0.25) is 0 Å². The molecule has 1 saturated carbocycles. The summed E-state index contributed by atoms with van der Waals surface area (Å²) in [6.45, 7) is 3.25. The predicted molar refractivity (Wildman–Crippen MR) is 124 cm³/mol. The number of para-hydroxylation sites is 2. The summed E-state index contributed by atoms with van der Waals surface area (Å²) in [7, 11) is 0. The van der Waals surface area contributed by atoms with Crippen LogP contribution in [-0.2, 0) is 14.3 Å². The number of nitrogens with zero attached hydrogens (tertiary/aromatic N) is 4. The Morgan fingerprint density at radius 3 is 2.58 bits per heavy atom. The van der Waals surface area contributed by atoms with Crippen molar-refractivity contribution in [2.24, 2.45) is 5.92 Å². The van der Waals surface area contributed by atoms with Crippen molar-refractivity contribution in [1.82, 2.24) is 15.3 Å². The maximum atomic E-state index is 13.2. The van der Waals surface area contributed by atoms with Gasteiger partial charge in [-0.05, 0) is 44.7 Å². The molecular formula is C25H31N5O3. The van der Waals surface area contributed by atoms with Gasteiger partial charge >= 0.3 is 5.97 Å². The topological polar surface area (TPSA) is 108 Å². The summed E-state index contributed by atoms with van der Waals surface area (Å²) < 4.78 is 5.24. The van der Waals surface area contributed by atoms with Crippen LogP contribution in [0.1, 0.15) is 63.5 Å². The fourth-order valence-corrected chi connectivity index (χ4v) is 4.83. The lowest BCUT2D eigenvalue weighted by Gasteiger charge is -2.34. The van der Waals surface area contributed by atoms with E-state index in [4.69, 9.17) is 14.7 Å². The summed E-state index contributed by atoms with van der Waals surface area (Å²) in [5.41, 5.74) is 1.69. The first kappa shape index (κ1) is 23.0. The summed E-state index contributed by atoms with van der Waals surface area (Å²) in [5, 5.41) is 13.1. The molecule has 0 unspecified atom stereocenters. The summed E-state index contributed by atoms with van der Waals surface area (Å²) in [4.78, 5) is 37.1. The van der Waals surface area contributed by atoms with Crippen molar-refractivity contribution in [3.8, 4) is 6.07 Å². The number of amides is 1. The fourth-order valence-electron chi connectivity index (χ4n) is 4.83. The Balaban J connectivity index is 1.67. The second-order valence-corrected chi connectivity index (χ2v) is 8.86. The zero-order valence-electron chi connectivity index (χ0n) is 19.1. The molecule has 2 heterocycles. The van der Waals surface area contributed by atoms with E-state index < -0.39 is 5.92 Å². The van der Waals surface area contributed by atoms with E-state index in [1.54, 1.807) is 6.92 Å². The van der Waals surface area contributed by atoms with E-state index >= 15 is 0 Å². The molecule has 1 N–H and O–H groups in total. The van der Waals surface area contributed by atoms with Gasteiger partial charge < -0.3 is 15.0 Å². The highest BCUT2D eigenvalue weighted by Gasteiger charge is 2.34. The molecule has 1 aliphatic heterocycles. The van der Waals surface area contributed by atoms with E-state index in [-0.39, 0.29) is 23.8 Å². The van der Waals surface area contributed by atoms with Crippen molar-refractivity contribution in [2.45, 2.75) is 63.8 Å². The van der Waals surface area contributed by atoms with Crippen LogP contribution in [0.3, 0.4) is 0 Å². The van der Waals surface area contributed by atoms with Gasteiger partial charge in [-0.2, -0.15) is 5.26 Å². The first-order valence-electron chi connectivity index (χ1n) is 12.0. The molecule has 1 amide bonds. The Bertz CT molecular complexity index is 1040. The Kier molecular flexibility index (Phi) is 7.38. The number of aromatic nitrogens is 2. The van der Waals surface area contributed by atoms with Gasteiger partial charge in [-0.25, -0.2) is 9.97 Å². The Morgan fingerprint density at radius 1 is 1.15 bits per heavy atom. The Hall–Kier alpha value is -3.21. The first-order valence-corrected chi connectivity index (χ1v) is 12.0. The predicted octanol–water partition coefficient (Wildman–Crippen LogP) is 3.47. The first-order chi connectivity index (χ1) is 16.1. The largest absolute Gasteiger partial charge is 0.466 e. The average molecular weight is 450 g/mol. The minimum absolute atomic E-state index is 0.0992. The summed E-state index contributed by atoms with van der Waals surface area (Å²) in [6.07, 6.45) is 6.78. The lowest BCUT2D eigenvalue weighted by molar-refractivity contribution is -0.148. The van der Waals surface area contributed by atoms with Crippen LogP contribution in [-0.4, -0.2) is 47.6 Å². The molecule has 174 valence electrons. The molecule has 2 atom stereocenters.